The number of carbonyl (C=O) groups is 1. The molecule has 0 saturated carbocycles. The van der Waals surface area contributed by atoms with E-state index in [-0.39, 0.29) is 11.3 Å². The van der Waals surface area contributed by atoms with Gasteiger partial charge in [-0.1, -0.05) is 12.1 Å². The molecule has 4 nitrogen and oxygen atoms in total. The summed E-state index contributed by atoms with van der Waals surface area (Å²) in [4.78, 5) is 11.5. The highest BCUT2D eigenvalue weighted by molar-refractivity contribution is 5.90. The van der Waals surface area contributed by atoms with Crippen molar-refractivity contribution >= 4 is 5.97 Å². The van der Waals surface area contributed by atoms with Crippen LogP contribution >= 0.6 is 0 Å². The summed E-state index contributed by atoms with van der Waals surface area (Å²) >= 11 is 0. The first kappa shape index (κ1) is 10.4. The maximum absolute atomic E-state index is 13.2. The molecule has 5 heteroatoms. The number of hydrogen-bond donors (Lipinski definition) is 0. The number of nitrogens with zero attached hydrogens (tertiary/aromatic N) is 2. The van der Waals surface area contributed by atoms with Crippen LogP contribution in [0.1, 0.15) is 10.4 Å². The first-order valence-electron chi connectivity index (χ1n) is 4.62. The Morgan fingerprint density at radius 1 is 1.44 bits per heavy atom. The molecule has 82 valence electrons. The van der Waals surface area contributed by atoms with Crippen LogP contribution in [0.2, 0.25) is 0 Å². The molecule has 0 radical (unpaired) electrons. The Morgan fingerprint density at radius 2 is 2.19 bits per heavy atom. The van der Waals surface area contributed by atoms with Crippen LogP contribution in [0, 0.1) is 5.82 Å². The molecule has 0 aliphatic heterocycles. The van der Waals surface area contributed by atoms with Crippen molar-refractivity contribution in [2.75, 3.05) is 0 Å². The molecular weight excluding hydrogens is 211 g/mol. The Hall–Kier alpha value is -2.17. The third-order valence-electron chi connectivity index (χ3n) is 1.98. The molecule has 16 heavy (non-hydrogen) atoms. The molecule has 2 rings (SSSR count). The second kappa shape index (κ2) is 4.14. The Morgan fingerprint density at radius 3 is 2.81 bits per heavy atom. The Labute approximate surface area is 91.3 Å². The van der Waals surface area contributed by atoms with Gasteiger partial charge in [0.25, 0.3) is 0 Å². The second-order valence-electron chi connectivity index (χ2n) is 3.22. The van der Waals surface area contributed by atoms with Gasteiger partial charge in [0.1, 0.15) is 0 Å². The van der Waals surface area contributed by atoms with Crippen LogP contribution < -0.4 is 4.74 Å². The lowest BCUT2D eigenvalue weighted by atomic mass is 10.3. The molecule has 0 fully saturated rings. The molecule has 0 aliphatic rings. The highest BCUT2D eigenvalue weighted by Crippen LogP contribution is 2.16. The Kier molecular flexibility index (Phi) is 2.68. The number of hydrogen-bond acceptors (Lipinski definition) is 3. The van der Waals surface area contributed by atoms with Crippen molar-refractivity contribution in [2.45, 2.75) is 0 Å². The largest absolute Gasteiger partial charge is 0.420 e. The fraction of sp³-hybridized carbons (Fsp3) is 0.0909. The number of carbonyl (C=O) groups excluding carboxylic acids is 1. The fourth-order valence-corrected chi connectivity index (χ4v) is 1.21. The molecule has 2 aromatic rings. The minimum absolute atomic E-state index is 0.0867. The van der Waals surface area contributed by atoms with Gasteiger partial charge in [-0.2, -0.15) is 5.10 Å². The van der Waals surface area contributed by atoms with E-state index in [1.54, 1.807) is 13.1 Å². The summed E-state index contributed by atoms with van der Waals surface area (Å²) < 4.78 is 19.5. The van der Waals surface area contributed by atoms with Crippen molar-refractivity contribution < 1.29 is 13.9 Å². The van der Waals surface area contributed by atoms with Gasteiger partial charge in [0.15, 0.2) is 11.6 Å². The summed E-state index contributed by atoms with van der Waals surface area (Å²) in [7, 11) is 1.68. The maximum atomic E-state index is 13.2. The summed E-state index contributed by atoms with van der Waals surface area (Å²) in [5, 5.41) is 3.82. The van der Waals surface area contributed by atoms with Gasteiger partial charge in [0.05, 0.1) is 11.8 Å². The Bertz CT molecular complexity index is 522. The minimum Gasteiger partial charge on any atom is -0.420 e. The van der Waals surface area contributed by atoms with Crippen molar-refractivity contribution in [3.63, 3.8) is 0 Å². The third-order valence-corrected chi connectivity index (χ3v) is 1.98. The molecule has 1 aromatic heterocycles. The molecule has 0 spiro atoms. The number of halogens is 1. The Balaban J connectivity index is 2.17. The number of rotatable bonds is 2. The van der Waals surface area contributed by atoms with Crippen molar-refractivity contribution in [2.24, 2.45) is 7.05 Å². The van der Waals surface area contributed by atoms with Crippen molar-refractivity contribution in [1.82, 2.24) is 9.78 Å². The number of aromatic nitrogens is 2. The van der Waals surface area contributed by atoms with Crippen molar-refractivity contribution in [3.05, 3.63) is 48.0 Å². The highest BCUT2D eigenvalue weighted by Gasteiger charge is 2.12. The number of benzene rings is 1. The molecule has 0 bridgehead atoms. The highest BCUT2D eigenvalue weighted by atomic mass is 19.1. The molecule has 0 aliphatic carbocycles. The van der Waals surface area contributed by atoms with E-state index in [0.717, 1.165) is 0 Å². The number of aryl methyl sites for hydroxylation is 1. The van der Waals surface area contributed by atoms with Crippen LogP contribution in [-0.2, 0) is 7.05 Å². The summed E-state index contributed by atoms with van der Waals surface area (Å²) in [5.74, 6) is -1.28. The topological polar surface area (TPSA) is 44.1 Å². The van der Waals surface area contributed by atoms with E-state index in [1.807, 2.05) is 0 Å². The lowest BCUT2D eigenvalue weighted by molar-refractivity contribution is 0.0728. The van der Waals surface area contributed by atoms with E-state index in [0.29, 0.717) is 0 Å². The third kappa shape index (κ3) is 2.08. The van der Waals surface area contributed by atoms with Crippen LogP contribution in [0.3, 0.4) is 0 Å². The van der Waals surface area contributed by atoms with Gasteiger partial charge in [-0.05, 0) is 12.1 Å². The lowest BCUT2D eigenvalue weighted by Gasteiger charge is -2.02. The zero-order chi connectivity index (χ0) is 11.5. The zero-order valence-electron chi connectivity index (χ0n) is 8.55. The average Bonchev–Trinajstić information content (AvgIpc) is 2.68. The predicted octanol–water partition coefficient (Wildman–Crippen LogP) is 1.78. The van der Waals surface area contributed by atoms with Gasteiger partial charge in [0, 0.05) is 13.2 Å². The van der Waals surface area contributed by atoms with Gasteiger partial charge in [-0.25, -0.2) is 9.18 Å². The van der Waals surface area contributed by atoms with E-state index >= 15 is 0 Å². The van der Waals surface area contributed by atoms with E-state index < -0.39 is 11.8 Å². The van der Waals surface area contributed by atoms with Crippen LogP contribution in [0.5, 0.6) is 5.75 Å². The molecule has 0 atom stereocenters. The first-order chi connectivity index (χ1) is 7.66. The van der Waals surface area contributed by atoms with Crippen LogP contribution in [0.4, 0.5) is 4.39 Å². The van der Waals surface area contributed by atoms with Crippen LogP contribution in [0.25, 0.3) is 0 Å². The zero-order valence-corrected chi connectivity index (χ0v) is 8.55. The number of esters is 1. The molecule has 1 aromatic carbocycles. The van der Waals surface area contributed by atoms with Gasteiger partial charge >= 0.3 is 5.97 Å². The minimum atomic E-state index is -0.627. The van der Waals surface area contributed by atoms with Crippen LogP contribution in [0.15, 0.2) is 36.7 Å². The lowest BCUT2D eigenvalue weighted by Crippen LogP contribution is -2.08. The fourth-order valence-electron chi connectivity index (χ4n) is 1.21. The normalized spacial score (nSPS) is 10.1. The number of para-hydroxylation sites is 1. The molecule has 0 saturated heterocycles. The standard InChI is InChI=1S/C11H9FN2O2/c1-14-7-8(6-13-14)11(15)16-10-5-3-2-4-9(10)12/h2-7H,1H3. The van der Waals surface area contributed by atoms with Gasteiger partial charge < -0.3 is 4.74 Å². The van der Waals surface area contributed by atoms with Crippen molar-refractivity contribution in [3.8, 4) is 5.75 Å². The van der Waals surface area contributed by atoms with Gasteiger partial charge in [-0.3, -0.25) is 4.68 Å². The average molecular weight is 220 g/mol. The summed E-state index contributed by atoms with van der Waals surface area (Å²) in [5.41, 5.74) is 0.283. The van der Waals surface area contributed by atoms with E-state index in [9.17, 15) is 9.18 Å². The van der Waals surface area contributed by atoms with E-state index in [2.05, 4.69) is 5.10 Å². The maximum Gasteiger partial charge on any atom is 0.346 e. The quantitative estimate of drug-likeness (QED) is 0.572. The summed E-state index contributed by atoms with van der Waals surface area (Å²) in [6, 6.07) is 5.74. The molecule has 0 unspecified atom stereocenters. The molecule has 0 amide bonds. The number of ether oxygens (including phenoxy) is 1. The second-order valence-corrected chi connectivity index (χ2v) is 3.22. The summed E-state index contributed by atoms with van der Waals surface area (Å²) in [6.07, 6.45) is 2.87. The van der Waals surface area contributed by atoms with E-state index in [1.165, 1.54) is 35.3 Å². The predicted molar refractivity (Wildman–Crippen MR) is 54.6 cm³/mol. The molecule has 0 N–H and O–H groups in total. The monoisotopic (exact) mass is 220 g/mol. The SMILES string of the molecule is Cn1cc(C(=O)Oc2ccccc2F)cn1. The van der Waals surface area contributed by atoms with Gasteiger partial charge in [-0.15, -0.1) is 0 Å². The summed E-state index contributed by atoms with van der Waals surface area (Å²) in [6.45, 7) is 0. The molecule has 1 heterocycles. The molecular formula is C11H9FN2O2. The van der Waals surface area contributed by atoms with Gasteiger partial charge in [0.2, 0.25) is 0 Å². The first-order valence-corrected chi connectivity index (χ1v) is 4.62. The smallest absolute Gasteiger partial charge is 0.346 e. The van der Waals surface area contributed by atoms with E-state index in [4.69, 9.17) is 4.74 Å². The van der Waals surface area contributed by atoms with Crippen molar-refractivity contribution in [1.29, 1.82) is 0 Å². The van der Waals surface area contributed by atoms with Crippen LogP contribution in [-0.4, -0.2) is 15.7 Å².